The average Bonchev–Trinajstić information content (AvgIpc) is 3.17. The third-order valence-electron chi connectivity index (χ3n) is 8.38. The fourth-order valence-corrected chi connectivity index (χ4v) is 5.91. The number of benzene rings is 6. The Balaban J connectivity index is 1.24. The van der Waals surface area contributed by atoms with E-state index < -0.39 is 12.2 Å². The molecule has 6 heteroatoms. The Hall–Kier alpha value is -6.14. The number of para-hydroxylation sites is 2. The molecule has 6 aromatic carbocycles. The molecule has 0 unspecified atom stereocenters. The molecule has 6 rings (SSSR count). The average molecular weight is 661 g/mol. The summed E-state index contributed by atoms with van der Waals surface area (Å²) in [6, 6.07) is 48.6. The van der Waals surface area contributed by atoms with Crippen molar-refractivity contribution in [2.45, 2.75) is 26.7 Å². The minimum Gasteiger partial charge on any atom is -0.410 e. The summed E-state index contributed by atoms with van der Waals surface area (Å²) in [5, 5.41) is 5.57. The standard InChI is InChI=1S/C44H40N2O4/c1-3-29-45-43(47)49-41-19-11-9-17-39(41)37-15-7-5-13-35(37)33-25-21-31(22-26-33)32-23-27-34(28-24-32)36-14-6-8-16-38(36)40-18-10-12-20-42(40)50-44(48)46-30-4-2/h5-28H,3-4,29-30H2,1-2H3,(H,45,47)(H,46,48). The highest BCUT2D eigenvalue weighted by Crippen LogP contribution is 2.40. The Morgan fingerprint density at radius 2 is 0.700 bits per heavy atom. The molecule has 0 atom stereocenters. The largest absolute Gasteiger partial charge is 0.412 e. The van der Waals surface area contributed by atoms with E-state index in [1.54, 1.807) is 0 Å². The van der Waals surface area contributed by atoms with Crippen LogP contribution in [0.3, 0.4) is 0 Å². The predicted molar refractivity (Wildman–Crippen MR) is 202 cm³/mol. The minimum atomic E-state index is -0.457. The van der Waals surface area contributed by atoms with Crippen LogP contribution in [0.1, 0.15) is 26.7 Å². The minimum absolute atomic E-state index is 0.457. The lowest BCUT2D eigenvalue weighted by Gasteiger charge is -2.15. The molecule has 0 bridgehead atoms. The van der Waals surface area contributed by atoms with Crippen molar-refractivity contribution in [1.82, 2.24) is 10.6 Å². The zero-order chi connectivity index (χ0) is 34.7. The van der Waals surface area contributed by atoms with Crippen molar-refractivity contribution >= 4 is 12.2 Å². The topological polar surface area (TPSA) is 76.7 Å². The van der Waals surface area contributed by atoms with Gasteiger partial charge in [-0.05, 0) is 69.5 Å². The fraction of sp³-hybridized carbons (Fsp3) is 0.136. The number of hydrogen-bond acceptors (Lipinski definition) is 4. The summed E-state index contributed by atoms with van der Waals surface area (Å²) in [5.74, 6) is 1.03. The van der Waals surface area contributed by atoms with Gasteiger partial charge in [-0.25, -0.2) is 9.59 Å². The normalized spacial score (nSPS) is 10.7. The summed E-state index contributed by atoms with van der Waals surface area (Å²) in [7, 11) is 0. The van der Waals surface area contributed by atoms with Gasteiger partial charge in [-0.1, -0.05) is 147 Å². The van der Waals surface area contributed by atoms with Crippen LogP contribution in [-0.4, -0.2) is 25.3 Å². The molecule has 2 N–H and O–H groups in total. The molecule has 250 valence electrons. The molecule has 0 aromatic heterocycles. The van der Waals surface area contributed by atoms with Crippen LogP contribution in [0.5, 0.6) is 11.5 Å². The van der Waals surface area contributed by atoms with E-state index in [0.717, 1.165) is 68.5 Å². The second kappa shape index (κ2) is 16.3. The Labute approximate surface area is 293 Å². The van der Waals surface area contributed by atoms with Crippen molar-refractivity contribution in [2.75, 3.05) is 13.1 Å². The van der Waals surface area contributed by atoms with Crippen LogP contribution >= 0.6 is 0 Å². The first-order valence-electron chi connectivity index (χ1n) is 17.0. The van der Waals surface area contributed by atoms with Gasteiger partial charge in [0.05, 0.1) is 0 Å². The number of hydrogen-bond donors (Lipinski definition) is 2. The number of rotatable bonds is 11. The lowest BCUT2D eigenvalue weighted by Crippen LogP contribution is -2.27. The van der Waals surface area contributed by atoms with E-state index in [0.29, 0.717) is 24.6 Å². The Morgan fingerprint density at radius 1 is 0.400 bits per heavy atom. The van der Waals surface area contributed by atoms with E-state index in [-0.39, 0.29) is 0 Å². The van der Waals surface area contributed by atoms with Crippen molar-refractivity contribution in [2.24, 2.45) is 0 Å². The molecule has 0 spiro atoms. The first kappa shape index (κ1) is 33.7. The maximum absolute atomic E-state index is 12.4. The Bertz CT molecular complexity index is 1920. The van der Waals surface area contributed by atoms with E-state index in [1.165, 1.54) is 0 Å². The summed E-state index contributed by atoms with van der Waals surface area (Å²) in [6.07, 6.45) is 0.753. The van der Waals surface area contributed by atoms with Crippen LogP contribution in [0.15, 0.2) is 146 Å². The van der Waals surface area contributed by atoms with E-state index in [4.69, 9.17) is 9.47 Å². The third kappa shape index (κ3) is 7.93. The molecule has 0 saturated heterocycles. The van der Waals surface area contributed by atoms with E-state index in [9.17, 15) is 9.59 Å². The zero-order valence-corrected chi connectivity index (χ0v) is 28.3. The van der Waals surface area contributed by atoms with Gasteiger partial charge in [0.1, 0.15) is 11.5 Å². The Morgan fingerprint density at radius 3 is 1.06 bits per heavy atom. The van der Waals surface area contributed by atoms with Crippen molar-refractivity contribution in [3.8, 4) is 67.1 Å². The SMILES string of the molecule is CCCNC(=O)Oc1ccccc1-c1ccccc1-c1ccc(-c2ccc(-c3ccccc3-c3ccccc3OC(=O)NCCC)cc2)cc1. The molecular weight excluding hydrogens is 620 g/mol. The molecule has 50 heavy (non-hydrogen) atoms. The fourth-order valence-electron chi connectivity index (χ4n) is 5.91. The lowest BCUT2D eigenvalue weighted by atomic mass is 9.91. The smallest absolute Gasteiger partial charge is 0.410 e. The number of carbonyl (C=O) groups is 2. The van der Waals surface area contributed by atoms with Crippen molar-refractivity contribution in [1.29, 1.82) is 0 Å². The summed E-state index contributed by atoms with van der Waals surface area (Å²) in [4.78, 5) is 24.8. The van der Waals surface area contributed by atoms with Crippen LogP contribution in [0, 0.1) is 0 Å². The number of carbonyl (C=O) groups excluding carboxylic acids is 2. The zero-order valence-electron chi connectivity index (χ0n) is 28.3. The second-order valence-corrected chi connectivity index (χ2v) is 11.9. The highest BCUT2D eigenvalue weighted by Gasteiger charge is 2.16. The van der Waals surface area contributed by atoms with E-state index in [2.05, 4.69) is 83.4 Å². The van der Waals surface area contributed by atoms with E-state index >= 15 is 0 Å². The molecular formula is C44H40N2O4. The maximum Gasteiger partial charge on any atom is 0.412 e. The van der Waals surface area contributed by atoms with Gasteiger partial charge < -0.3 is 20.1 Å². The first-order valence-corrected chi connectivity index (χ1v) is 17.0. The van der Waals surface area contributed by atoms with E-state index in [1.807, 2.05) is 86.6 Å². The molecule has 2 amide bonds. The Kier molecular flexibility index (Phi) is 11.0. The molecule has 6 nitrogen and oxygen atoms in total. The van der Waals surface area contributed by atoms with Crippen LogP contribution in [0.4, 0.5) is 9.59 Å². The van der Waals surface area contributed by atoms with Crippen molar-refractivity contribution < 1.29 is 19.1 Å². The molecule has 0 aliphatic rings. The lowest BCUT2D eigenvalue weighted by molar-refractivity contribution is 0.199. The number of nitrogens with one attached hydrogen (secondary N) is 2. The highest BCUT2D eigenvalue weighted by molar-refractivity contribution is 5.89. The molecule has 6 aromatic rings. The van der Waals surface area contributed by atoms with Crippen LogP contribution < -0.4 is 20.1 Å². The van der Waals surface area contributed by atoms with Gasteiger partial charge >= 0.3 is 12.2 Å². The monoisotopic (exact) mass is 660 g/mol. The van der Waals surface area contributed by atoms with Crippen molar-refractivity contribution in [3.05, 3.63) is 146 Å². The van der Waals surface area contributed by atoms with Gasteiger partial charge in [0.2, 0.25) is 0 Å². The quantitative estimate of drug-likeness (QED) is 0.145. The molecule has 0 heterocycles. The van der Waals surface area contributed by atoms with Gasteiger partial charge in [0.25, 0.3) is 0 Å². The summed E-state index contributed by atoms with van der Waals surface area (Å²) in [6.45, 7) is 5.12. The second-order valence-electron chi connectivity index (χ2n) is 11.9. The number of amides is 2. The third-order valence-corrected chi connectivity index (χ3v) is 8.38. The molecule has 0 saturated carbocycles. The van der Waals surface area contributed by atoms with Gasteiger partial charge in [0, 0.05) is 24.2 Å². The molecule has 0 radical (unpaired) electrons. The molecule has 0 aliphatic heterocycles. The van der Waals surface area contributed by atoms with Gasteiger partial charge in [0.15, 0.2) is 0 Å². The van der Waals surface area contributed by atoms with Gasteiger partial charge in [-0.2, -0.15) is 0 Å². The summed E-state index contributed by atoms with van der Waals surface area (Å²) < 4.78 is 11.4. The molecule has 0 aliphatic carbocycles. The highest BCUT2D eigenvalue weighted by atomic mass is 16.6. The van der Waals surface area contributed by atoms with Crippen LogP contribution in [0.2, 0.25) is 0 Å². The van der Waals surface area contributed by atoms with Crippen molar-refractivity contribution in [3.63, 3.8) is 0 Å². The predicted octanol–water partition coefficient (Wildman–Crippen LogP) is 11.0. The molecule has 0 fully saturated rings. The maximum atomic E-state index is 12.4. The van der Waals surface area contributed by atoms with Gasteiger partial charge in [-0.3, -0.25) is 0 Å². The number of ether oxygens (including phenoxy) is 2. The van der Waals surface area contributed by atoms with Crippen LogP contribution in [0.25, 0.3) is 55.6 Å². The van der Waals surface area contributed by atoms with Crippen LogP contribution in [-0.2, 0) is 0 Å². The van der Waals surface area contributed by atoms with Gasteiger partial charge in [-0.15, -0.1) is 0 Å². The first-order chi connectivity index (χ1) is 24.6. The summed E-state index contributed by atoms with van der Waals surface area (Å²) in [5.41, 5.74) is 10.1. The summed E-state index contributed by atoms with van der Waals surface area (Å²) >= 11 is 0.